The summed E-state index contributed by atoms with van der Waals surface area (Å²) in [6, 6.07) is 2.35. The summed E-state index contributed by atoms with van der Waals surface area (Å²) in [7, 11) is 0. The first-order valence-electron chi connectivity index (χ1n) is 9.05. The molecule has 0 bridgehead atoms. The van der Waals surface area contributed by atoms with Crippen LogP contribution in [0.25, 0.3) is 0 Å². The van der Waals surface area contributed by atoms with Crippen molar-refractivity contribution < 1.29 is 23.0 Å². The molecule has 0 saturated heterocycles. The number of benzene rings is 1. The number of ether oxygens (including phenoxy) is 2. The molecule has 1 aromatic heterocycles. The highest BCUT2D eigenvalue weighted by atomic mass is 32.2. The molecule has 0 spiro atoms. The Morgan fingerprint density at radius 2 is 1.93 bits per heavy atom. The fourth-order valence-corrected chi connectivity index (χ4v) is 3.32. The molecule has 0 amide bonds. The summed E-state index contributed by atoms with van der Waals surface area (Å²) < 4.78 is 38.9. The molecule has 0 saturated carbocycles. The van der Waals surface area contributed by atoms with Crippen molar-refractivity contribution in [2.45, 2.75) is 57.4 Å². The highest BCUT2D eigenvalue weighted by Crippen LogP contribution is 2.28. The molecule has 1 heterocycles. The maximum Gasteiger partial charge on any atom is 0.306 e. The molecule has 0 fully saturated rings. The molecule has 0 aliphatic heterocycles. The minimum Gasteiger partial charge on any atom is -0.483 e. The Balaban J connectivity index is 2.10. The van der Waals surface area contributed by atoms with Crippen molar-refractivity contribution in [1.29, 1.82) is 0 Å². The van der Waals surface area contributed by atoms with Crippen LogP contribution >= 0.6 is 11.8 Å². The van der Waals surface area contributed by atoms with Gasteiger partial charge in [-0.15, -0.1) is 11.8 Å². The number of hydrogen-bond donors (Lipinski definition) is 0. The molecule has 0 atom stereocenters. The second-order valence-corrected chi connectivity index (χ2v) is 7.96. The first-order chi connectivity index (χ1) is 13.3. The summed E-state index contributed by atoms with van der Waals surface area (Å²) in [6.45, 7) is 7.76. The summed E-state index contributed by atoms with van der Waals surface area (Å²) in [5.41, 5.74) is 1.03. The van der Waals surface area contributed by atoms with Crippen LogP contribution in [0.2, 0.25) is 0 Å². The first kappa shape index (κ1) is 22.1. The summed E-state index contributed by atoms with van der Waals surface area (Å²) in [4.78, 5) is 19.9. The number of carbonyl (C=O) groups excluding carboxylic acids is 1. The van der Waals surface area contributed by atoms with Gasteiger partial charge in [-0.25, -0.2) is 18.7 Å². The van der Waals surface area contributed by atoms with Crippen molar-refractivity contribution in [1.82, 2.24) is 9.97 Å². The van der Waals surface area contributed by atoms with Gasteiger partial charge in [-0.05, 0) is 38.0 Å². The van der Waals surface area contributed by atoms with Gasteiger partial charge in [0.05, 0.1) is 6.61 Å². The summed E-state index contributed by atoms with van der Waals surface area (Å²) in [5, 5.41) is 1.02. The Morgan fingerprint density at radius 3 is 2.54 bits per heavy atom. The van der Waals surface area contributed by atoms with E-state index in [1.807, 2.05) is 13.8 Å². The standard InChI is InChI=1S/C20H24F2N2O3S/c1-5-26-18(25)7-6-14-8-16(21)19(17(22)9-14)27-11-15-10-23-13(4)24-20(15)28-12(2)3/h8-10,12H,5-7,11H2,1-4H3. The van der Waals surface area contributed by atoms with Crippen LogP contribution in [0, 0.1) is 18.6 Å². The van der Waals surface area contributed by atoms with Crippen LogP contribution in [0.5, 0.6) is 5.75 Å². The average molecular weight is 410 g/mol. The molecular weight excluding hydrogens is 386 g/mol. The summed E-state index contributed by atoms with van der Waals surface area (Å²) >= 11 is 1.54. The minimum absolute atomic E-state index is 0.0503. The van der Waals surface area contributed by atoms with Gasteiger partial charge in [-0.3, -0.25) is 4.79 Å². The van der Waals surface area contributed by atoms with E-state index in [9.17, 15) is 13.6 Å². The Hall–Kier alpha value is -2.22. The summed E-state index contributed by atoms with van der Waals surface area (Å²) in [5.74, 6) is -1.87. The van der Waals surface area contributed by atoms with Crippen LogP contribution in [0.4, 0.5) is 8.78 Å². The van der Waals surface area contributed by atoms with Crippen molar-refractivity contribution in [3.8, 4) is 5.75 Å². The number of hydrogen-bond acceptors (Lipinski definition) is 6. The van der Waals surface area contributed by atoms with Crippen LogP contribution in [0.1, 0.15) is 44.1 Å². The van der Waals surface area contributed by atoms with Crippen molar-refractivity contribution in [2.24, 2.45) is 0 Å². The normalized spacial score (nSPS) is 11.0. The molecule has 5 nitrogen and oxygen atoms in total. The molecule has 1 aromatic carbocycles. The zero-order valence-corrected chi connectivity index (χ0v) is 17.2. The first-order valence-corrected chi connectivity index (χ1v) is 9.93. The van der Waals surface area contributed by atoms with E-state index in [-0.39, 0.29) is 26.1 Å². The molecule has 0 aliphatic rings. The van der Waals surface area contributed by atoms with Crippen LogP contribution in [-0.2, 0) is 22.6 Å². The molecular formula is C20H24F2N2O3S. The van der Waals surface area contributed by atoms with Crippen molar-refractivity contribution in [3.63, 3.8) is 0 Å². The van der Waals surface area contributed by atoms with Gasteiger partial charge in [0.25, 0.3) is 0 Å². The maximum absolute atomic E-state index is 14.3. The Kier molecular flexibility index (Phi) is 8.17. The van der Waals surface area contributed by atoms with Gasteiger partial charge < -0.3 is 9.47 Å². The van der Waals surface area contributed by atoms with Crippen LogP contribution in [0.15, 0.2) is 23.4 Å². The monoisotopic (exact) mass is 410 g/mol. The van der Waals surface area contributed by atoms with Gasteiger partial charge in [0.2, 0.25) is 0 Å². The fourth-order valence-electron chi connectivity index (χ4n) is 2.42. The summed E-state index contributed by atoms with van der Waals surface area (Å²) in [6.07, 6.45) is 1.86. The van der Waals surface area contributed by atoms with E-state index in [2.05, 4.69) is 9.97 Å². The van der Waals surface area contributed by atoms with Crippen molar-refractivity contribution in [2.75, 3.05) is 6.61 Å². The molecule has 152 valence electrons. The van der Waals surface area contributed by atoms with Gasteiger partial charge in [0.15, 0.2) is 17.4 Å². The van der Waals surface area contributed by atoms with E-state index in [0.717, 1.165) is 5.03 Å². The molecule has 0 unspecified atom stereocenters. The van der Waals surface area contributed by atoms with Crippen LogP contribution in [-0.4, -0.2) is 27.8 Å². The van der Waals surface area contributed by atoms with E-state index in [1.54, 1.807) is 20.0 Å². The molecule has 0 N–H and O–H groups in total. The topological polar surface area (TPSA) is 61.3 Å². The van der Waals surface area contributed by atoms with E-state index in [1.165, 1.54) is 23.9 Å². The SMILES string of the molecule is CCOC(=O)CCc1cc(F)c(OCc2cnc(C)nc2SC(C)C)c(F)c1. The number of thioether (sulfide) groups is 1. The predicted molar refractivity (Wildman–Crippen MR) is 103 cm³/mol. The maximum atomic E-state index is 14.3. The van der Waals surface area contributed by atoms with E-state index >= 15 is 0 Å². The second kappa shape index (κ2) is 10.4. The quantitative estimate of drug-likeness (QED) is 0.341. The van der Waals surface area contributed by atoms with Crippen LogP contribution < -0.4 is 4.74 Å². The highest BCUT2D eigenvalue weighted by molar-refractivity contribution is 7.99. The molecule has 2 rings (SSSR count). The highest BCUT2D eigenvalue weighted by Gasteiger charge is 2.16. The lowest BCUT2D eigenvalue weighted by Crippen LogP contribution is -2.07. The van der Waals surface area contributed by atoms with E-state index in [4.69, 9.17) is 9.47 Å². The van der Waals surface area contributed by atoms with Crippen LogP contribution in [0.3, 0.4) is 0 Å². The molecule has 0 radical (unpaired) electrons. The number of halogens is 2. The lowest BCUT2D eigenvalue weighted by molar-refractivity contribution is -0.143. The number of aromatic nitrogens is 2. The fraction of sp³-hybridized carbons (Fsp3) is 0.450. The number of esters is 1. The Morgan fingerprint density at radius 1 is 1.25 bits per heavy atom. The smallest absolute Gasteiger partial charge is 0.306 e. The molecule has 28 heavy (non-hydrogen) atoms. The minimum atomic E-state index is -0.815. The van der Waals surface area contributed by atoms with Gasteiger partial charge >= 0.3 is 5.97 Å². The Labute approximate surface area is 167 Å². The third-order valence-corrected chi connectivity index (χ3v) is 4.69. The molecule has 2 aromatic rings. The van der Waals surface area contributed by atoms with Gasteiger partial charge in [-0.2, -0.15) is 0 Å². The number of aryl methyl sites for hydroxylation is 2. The van der Waals surface area contributed by atoms with Crippen molar-refractivity contribution in [3.05, 3.63) is 46.9 Å². The zero-order chi connectivity index (χ0) is 20.7. The number of nitrogens with zero attached hydrogens (tertiary/aromatic N) is 2. The van der Waals surface area contributed by atoms with E-state index < -0.39 is 23.4 Å². The zero-order valence-electron chi connectivity index (χ0n) is 16.4. The van der Waals surface area contributed by atoms with Gasteiger partial charge in [0.1, 0.15) is 17.5 Å². The third-order valence-electron chi connectivity index (χ3n) is 3.65. The second-order valence-electron chi connectivity index (χ2n) is 6.40. The third kappa shape index (κ3) is 6.44. The van der Waals surface area contributed by atoms with Gasteiger partial charge in [0, 0.05) is 23.4 Å². The molecule has 0 aliphatic carbocycles. The predicted octanol–water partition coefficient (Wildman–Crippen LogP) is 4.64. The number of rotatable bonds is 9. The molecule has 8 heteroatoms. The van der Waals surface area contributed by atoms with Gasteiger partial charge in [-0.1, -0.05) is 13.8 Å². The Bertz CT molecular complexity index is 808. The number of carbonyl (C=O) groups is 1. The average Bonchev–Trinajstić information content (AvgIpc) is 2.60. The lowest BCUT2D eigenvalue weighted by Gasteiger charge is -2.13. The van der Waals surface area contributed by atoms with Crippen molar-refractivity contribution >= 4 is 17.7 Å². The van der Waals surface area contributed by atoms with E-state index in [0.29, 0.717) is 22.2 Å². The lowest BCUT2D eigenvalue weighted by atomic mass is 10.1. The largest absolute Gasteiger partial charge is 0.483 e.